The van der Waals surface area contributed by atoms with Crippen LogP contribution in [0.3, 0.4) is 0 Å². The zero-order valence-electron chi connectivity index (χ0n) is 55.0. The highest BCUT2D eigenvalue weighted by atomic mass is 32.2. The van der Waals surface area contributed by atoms with Gasteiger partial charge in [-0.25, -0.2) is 4.79 Å². The first-order valence-electron chi connectivity index (χ1n) is 33.2. The molecule has 18 N–H and O–H groups in total. The average Bonchev–Trinajstić information content (AvgIpc) is 1.65. The summed E-state index contributed by atoms with van der Waals surface area (Å²) < 4.78 is 18.5. The fraction of sp³-hybridized carbons (Fsp3) is 0.683. The van der Waals surface area contributed by atoms with E-state index in [1.54, 1.807) is 20.0 Å². The van der Waals surface area contributed by atoms with Crippen LogP contribution < -0.4 is 65.1 Å². The molecule has 2 bridgehead atoms. The van der Waals surface area contributed by atoms with Crippen molar-refractivity contribution in [1.29, 1.82) is 5.41 Å². The van der Waals surface area contributed by atoms with Gasteiger partial charge >= 0.3 is 12.0 Å². The van der Waals surface area contributed by atoms with Gasteiger partial charge in [0.1, 0.15) is 36.0 Å². The smallest absolute Gasteiger partial charge is 0.315 e. The Labute approximate surface area is 563 Å². The second-order valence-corrected chi connectivity index (χ2v) is 26.2. The summed E-state index contributed by atoms with van der Waals surface area (Å²) in [7, 11) is 0. The molecule has 3 aliphatic heterocycles. The number of urea groups is 1. The predicted octanol–water partition coefficient (Wildman–Crippen LogP) is -0.650. The van der Waals surface area contributed by atoms with Crippen LogP contribution in [-0.2, 0) is 81.5 Å². The maximum absolute atomic E-state index is 14.5. The van der Waals surface area contributed by atoms with Gasteiger partial charge in [0.05, 0.1) is 62.5 Å². The SMILES string of the molecule is CC(C)C[C@@H]1NC(=O)[C@H](CC(=O)O)NC(=O)[C@H](Cc2ccc(O)cc2)CC(=O)[C@@H](N)Cc2cn(nn2)CCCC[C@@H](C(=O)NCCCOCCOCCOCCCNC(=O)CCCCC2SC[C@H]3NC(=O)N[C@@H]23)NC(=O)[C@H](CCCCC(=N)N)NC(=O)[C@H](CCC(N)=O)NC1=O. The number of ketones is 1. The number of fused-ring (bicyclic) bond motifs is 3. The first-order chi connectivity index (χ1) is 45.9. The Morgan fingerprint density at radius 3 is 1.97 bits per heavy atom. The second-order valence-electron chi connectivity index (χ2n) is 24.9. The Morgan fingerprint density at radius 1 is 0.698 bits per heavy atom. The number of rotatable bonds is 34. The van der Waals surface area contributed by atoms with Gasteiger partial charge in [-0.15, -0.1) is 5.10 Å². The highest BCUT2D eigenvalue weighted by Crippen LogP contribution is 2.33. The van der Waals surface area contributed by atoms with Crippen molar-refractivity contribution in [2.24, 2.45) is 29.0 Å². The summed E-state index contributed by atoms with van der Waals surface area (Å²) in [5, 5.41) is 61.1. The Hall–Kier alpha value is -8.01. The molecule has 1 unspecified atom stereocenters. The van der Waals surface area contributed by atoms with E-state index in [-0.39, 0.29) is 119 Å². The summed E-state index contributed by atoms with van der Waals surface area (Å²) in [6.45, 7) is 6.34. The molecule has 534 valence electrons. The number of Topliss-reactive ketones (excluding diaryl/α,β-unsaturated/α-hetero) is 1. The summed E-state index contributed by atoms with van der Waals surface area (Å²) >= 11 is 1.86. The van der Waals surface area contributed by atoms with Crippen molar-refractivity contribution in [3.8, 4) is 5.75 Å². The molecule has 0 aliphatic carbocycles. The zero-order chi connectivity index (χ0) is 69.9. The first kappa shape index (κ1) is 78.7. The van der Waals surface area contributed by atoms with Gasteiger partial charge in [-0.2, -0.15) is 11.8 Å². The van der Waals surface area contributed by atoms with E-state index in [0.717, 1.165) is 25.0 Å². The summed E-state index contributed by atoms with van der Waals surface area (Å²) in [5.74, 6) is -8.93. The van der Waals surface area contributed by atoms with Gasteiger partial charge < -0.3 is 89.5 Å². The van der Waals surface area contributed by atoms with Crippen LogP contribution in [0.5, 0.6) is 5.75 Å². The number of hydrogen-bond donors (Lipinski definition) is 15. The maximum atomic E-state index is 14.5. The van der Waals surface area contributed by atoms with Gasteiger partial charge in [0.25, 0.3) is 0 Å². The standard InChI is InChI=1S/C63H100N16O16S/c1-38(2)31-47-61(90)72-46(20-21-53(67)82)60(89)71-45(11-3-5-14-52(65)66)59(88)70-44(58(87)69-23-10-26-94-28-30-95-29-27-93-25-9-22-68-54(83)15-6-4-13-51-56-49(37-96-51)75-63(92)76-56)12-7-8-24-79-36-41(77-78-79)34-43(64)50(81)33-40(32-39-16-18-42(80)19-17-39)57(86)73-48(35-55(84)85)62(91)74-47/h16-19,36,38,40,43-49,51,56,80H,3-15,20-35,37,64H2,1-2H3,(H3,65,66)(H2,67,82)(H,68,83)(H,69,87)(H,70,88)(H,71,89)(H,72,90)(H,73,86)(H,74,91)(H,84,85)(H2,75,76,92)/t40-,43+,44+,45+,46+,47+,48+,49-,51?,56-/m1/s1. The predicted molar refractivity (Wildman–Crippen MR) is 352 cm³/mol. The molecule has 10 amide bonds. The van der Waals surface area contributed by atoms with Crippen molar-refractivity contribution in [2.75, 3.05) is 58.5 Å². The van der Waals surface area contributed by atoms with Crippen LogP contribution in [0.15, 0.2) is 30.5 Å². The average molecular weight is 1370 g/mol. The topological polar surface area (TPSA) is 497 Å². The largest absolute Gasteiger partial charge is 0.508 e. The number of amidine groups is 1. The van der Waals surface area contributed by atoms with E-state index >= 15 is 0 Å². The number of benzene rings is 1. The van der Waals surface area contributed by atoms with Crippen LogP contribution >= 0.6 is 11.8 Å². The number of amides is 10. The molecular formula is C63H100N16O16S. The zero-order valence-corrected chi connectivity index (χ0v) is 55.9. The number of unbranched alkanes of at least 4 members (excludes halogenated alkanes) is 2. The molecule has 0 saturated carbocycles. The number of aromatic nitrogens is 3. The van der Waals surface area contributed by atoms with Crippen molar-refractivity contribution in [3.05, 3.63) is 41.7 Å². The van der Waals surface area contributed by atoms with Crippen molar-refractivity contribution in [1.82, 2.24) is 62.8 Å². The third-order valence-electron chi connectivity index (χ3n) is 16.3. The Kier molecular flexibility index (Phi) is 34.9. The number of phenols is 1. The lowest BCUT2D eigenvalue weighted by Crippen LogP contribution is -2.59. The minimum Gasteiger partial charge on any atom is -0.508 e. The van der Waals surface area contributed by atoms with Crippen molar-refractivity contribution >= 4 is 82.6 Å². The number of aryl methyl sites for hydroxylation is 1. The Balaban J connectivity index is 1.21. The number of thioether (sulfide) groups is 1. The Morgan fingerprint density at radius 2 is 1.30 bits per heavy atom. The summed E-state index contributed by atoms with van der Waals surface area (Å²) in [6.07, 6.45) is 4.83. The number of aliphatic carboxylic acids is 1. The molecule has 5 rings (SSSR count). The van der Waals surface area contributed by atoms with E-state index in [1.807, 2.05) is 11.8 Å². The molecule has 2 aromatic rings. The van der Waals surface area contributed by atoms with Gasteiger partial charge in [-0.05, 0) is 101 Å². The molecule has 96 heavy (non-hydrogen) atoms. The Bertz CT molecular complexity index is 2890. The maximum Gasteiger partial charge on any atom is 0.315 e. The van der Waals surface area contributed by atoms with Gasteiger partial charge in [0, 0.05) is 88.1 Å². The number of phenolic OH excluding ortho intramolecular Hbond substituents is 1. The van der Waals surface area contributed by atoms with Gasteiger partial charge in [0.2, 0.25) is 47.3 Å². The molecule has 4 heterocycles. The second kappa shape index (κ2) is 42.5. The van der Waals surface area contributed by atoms with Crippen LogP contribution in [-0.4, -0.2) is 208 Å². The molecule has 33 heteroatoms. The number of primary amides is 1. The number of aromatic hydroxyl groups is 1. The van der Waals surface area contributed by atoms with E-state index in [0.29, 0.717) is 88.0 Å². The number of carboxylic acid groups (broad SMARTS) is 1. The lowest BCUT2D eigenvalue weighted by atomic mass is 9.90. The van der Waals surface area contributed by atoms with Crippen LogP contribution in [0.1, 0.15) is 141 Å². The monoisotopic (exact) mass is 1370 g/mol. The summed E-state index contributed by atoms with van der Waals surface area (Å²) in [4.78, 5) is 148. The van der Waals surface area contributed by atoms with Crippen molar-refractivity contribution in [3.63, 3.8) is 0 Å². The molecule has 3 aliphatic rings. The number of nitrogens with one attached hydrogen (secondary N) is 10. The third kappa shape index (κ3) is 30.0. The molecule has 0 spiro atoms. The number of carbonyl (C=O) groups is 11. The number of nitrogens with zero attached hydrogens (tertiary/aromatic N) is 3. The summed E-state index contributed by atoms with van der Waals surface area (Å²) in [6, 6.07) is -2.49. The quantitative estimate of drug-likeness (QED) is 0.0179. The van der Waals surface area contributed by atoms with E-state index in [4.69, 9.17) is 36.8 Å². The van der Waals surface area contributed by atoms with Gasteiger partial charge in [-0.1, -0.05) is 44.0 Å². The van der Waals surface area contributed by atoms with E-state index in [2.05, 4.69) is 58.2 Å². The fourth-order valence-corrected chi connectivity index (χ4v) is 12.7. The summed E-state index contributed by atoms with van der Waals surface area (Å²) in [5.41, 5.74) is 18.4. The minimum absolute atomic E-state index is 0.00230. The molecule has 0 radical (unpaired) electrons. The third-order valence-corrected chi connectivity index (χ3v) is 17.8. The molecular weight excluding hydrogens is 1270 g/mol. The lowest BCUT2D eigenvalue weighted by molar-refractivity contribution is -0.142. The minimum atomic E-state index is -1.81. The first-order valence-corrected chi connectivity index (χ1v) is 34.3. The number of carbonyl (C=O) groups excluding carboxylic acids is 10. The highest BCUT2D eigenvalue weighted by Gasteiger charge is 2.43. The highest BCUT2D eigenvalue weighted by molar-refractivity contribution is 8.00. The van der Waals surface area contributed by atoms with Crippen LogP contribution in [0.25, 0.3) is 0 Å². The fourth-order valence-electron chi connectivity index (χ4n) is 11.1. The van der Waals surface area contributed by atoms with Crippen molar-refractivity contribution in [2.45, 2.75) is 202 Å². The van der Waals surface area contributed by atoms with Crippen molar-refractivity contribution < 1.29 is 77.2 Å². The van der Waals surface area contributed by atoms with Gasteiger partial charge in [-0.3, -0.25) is 58.0 Å². The molecule has 1 aromatic heterocycles. The molecule has 2 fully saturated rings. The normalized spacial score (nSPS) is 23.4. The van der Waals surface area contributed by atoms with E-state index < -0.39 is 115 Å². The van der Waals surface area contributed by atoms with Gasteiger partial charge in [0.15, 0.2) is 5.78 Å². The molecule has 1 aromatic carbocycles. The van der Waals surface area contributed by atoms with Crippen LogP contribution in [0, 0.1) is 17.2 Å². The van der Waals surface area contributed by atoms with Crippen LogP contribution in [0.4, 0.5) is 4.79 Å². The molecule has 2 saturated heterocycles. The number of hydrogen-bond acceptors (Lipinski definition) is 20. The number of ether oxygens (including phenoxy) is 3. The number of nitrogens with two attached hydrogens (primary N) is 3. The molecule has 10 atom stereocenters. The van der Waals surface area contributed by atoms with E-state index in [1.165, 1.54) is 28.9 Å². The number of carboxylic acids is 1. The van der Waals surface area contributed by atoms with E-state index in [9.17, 15) is 63.0 Å². The lowest BCUT2D eigenvalue weighted by Gasteiger charge is -2.28. The van der Waals surface area contributed by atoms with Crippen LogP contribution in [0.2, 0.25) is 0 Å². The molecule has 32 nitrogen and oxygen atoms in total.